The summed E-state index contributed by atoms with van der Waals surface area (Å²) < 4.78 is 7.30. The first-order valence-corrected chi connectivity index (χ1v) is 6.49. The van der Waals surface area contributed by atoms with Gasteiger partial charge in [0, 0.05) is 48.8 Å². The summed E-state index contributed by atoms with van der Waals surface area (Å²) in [5.41, 5.74) is 2.18. The molecule has 0 radical (unpaired) electrons. The fourth-order valence-corrected chi connectivity index (χ4v) is 2.16. The lowest BCUT2D eigenvalue weighted by Gasteiger charge is -2.06. The first-order valence-electron chi connectivity index (χ1n) is 6.49. The van der Waals surface area contributed by atoms with Crippen molar-refractivity contribution in [3.8, 4) is 0 Å². The number of nitrogens with one attached hydrogen (secondary N) is 1. The van der Waals surface area contributed by atoms with Gasteiger partial charge in [0.05, 0.1) is 6.61 Å². The number of anilines is 2. The van der Waals surface area contributed by atoms with Crippen LogP contribution in [-0.4, -0.2) is 28.3 Å². The average molecular weight is 268 g/mol. The molecule has 0 saturated heterocycles. The minimum atomic E-state index is 0.602. The molecular formula is C15H16N4O. The molecule has 0 saturated carbocycles. The second-order valence-corrected chi connectivity index (χ2v) is 4.47. The van der Waals surface area contributed by atoms with Gasteiger partial charge in [-0.05, 0) is 30.3 Å². The van der Waals surface area contributed by atoms with Crippen molar-refractivity contribution in [1.29, 1.82) is 0 Å². The van der Waals surface area contributed by atoms with Crippen molar-refractivity contribution in [3.05, 3.63) is 48.9 Å². The Labute approximate surface area is 117 Å². The molecule has 5 nitrogen and oxygen atoms in total. The summed E-state index contributed by atoms with van der Waals surface area (Å²) in [6.45, 7) is 1.57. The number of ether oxygens (including phenoxy) is 1. The number of aromatic nitrogens is 3. The van der Waals surface area contributed by atoms with E-state index < -0.39 is 0 Å². The smallest absolute Gasteiger partial charge is 0.227 e. The van der Waals surface area contributed by atoms with Crippen molar-refractivity contribution in [1.82, 2.24) is 14.5 Å². The van der Waals surface area contributed by atoms with Crippen molar-refractivity contribution in [2.75, 3.05) is 19.0 Å². The molecule has 3 rings (SSSR count). The molecule has 0 aliphatic rings. The molecule has 0 fully saturated rings. The lowest BCUT2D eigenvalue weighted by molar-refractivity contribution is 0.188. The maximum atomic E-state index is 5.12. The van der Waals surface area contributed by atoms with Crippen LogP contribution in [0.15, 0.2) is 48.9 Å². The molecule has 0 aliphatic heterocycles. The standard InChI is InChI=1S/C15H16N4O/c1-20-10-9-19-8-5-12-11-13(3-4-14(12)19)18-15-16-6-2-7-17-15/h2-8,11H,9-10H2,1H3,(H,16,17,18). The third kappa shape index (κ3) is 2.62. The van der Waals surface area contributed by atoms with Crippen molar-refractivity contribution < 1.29 is 4.74 Å². The Morgan fingerprint density at radius 3 is 2.85 bits per heavy atom. The zero-order valence-corrected chi connectivity index (χ0v) is 11.3. The number of methoxy groups -OCH3 is 1. The molecule has 0 atom stereocenters. The van der Waals surface area contributed by atoms with E-state index in [0.29, 0.717) is 12.6 Å². The molecule has 2 aromatic heterocycles. The zero-order valence-electron chi connectivity index (χ0n) is 11.3. The monoisotopic (exact) mass is 268 g/mol. The number of benzene rings is 1. The number of nitrogens with zero attached hydrogens (tertiary/aromatic N) is 3. The lowest BCUT2D eigenvalue weighted by Crippen LogP contribution is -2.02. The van der Waals surface area contributed by atoms with E-state index in [2.05, 4.69) is 44.2 Å². The largest absolute Gasteiger partial charge is 0.383 e. The number of rotatable bonds is 5. The molecule has 2 heterocycles. The van der Waals surface area contributed by atoms with E-state index in [0.717, 1.165) is 12.2 Å². The lowest BCUT2D eigenvalue weighted by atomic mass is 10.2. The van der Waals surface area contributed by atoms with Gasteiger partial charge in [0.15, 0.2) is 0 Å². The summed E-state index contributed by atoms with van der Waals surface area (Å²) >= 11 is 0. The van der Waals surface area contributed by atoms with Crippen LogP contribution in [0.4, 0.5) is 11.6 Å². The van der Waals surface area contributed by atoms with Gasteiger partial charge in [-0.3, -0.25) is 0 Å². The van der Waals surface area contributed by atoms with Crippen molar-refractivity contribution in [2.45, 2.75) is 6.54 Å². The van der Waals surface area contributed by atoms with Crippen LogP contribution in [0.1, 0.15) is 0 Å². The molecule has 5 heteroatoms. The molecule has 102 valence electrons. The number of hydrogen-bond donors (Lipinski definition) is 1. The molecule has 0 spiro atoms. The second-order valence-electron chi connectivity index (χ2n) is 4.47. The Balaban J connectivity index is 1.84. The van der Waals surface area contributed by atoms with Crippen LogP contribution in [0, 0.1) is 0 Å². The molecule has 20 heavy (non-hydrogen) atoms. The van der Waals surface area contributed by atoms with Gasteiger partial charge in [-0.2, -0.15) is 0 Å². The Morgan fingerprint density at radius 1 is 1.20 bits per heavy atom. The topological polar surface area (TPSA) is 52.0 Å². The van der Waals surface area contributed by atoms with Gasteiger partial charge in [-0.25, -0.2) is 9.97 Å². The highest BCUT2D eigenvalue weighted by atomic mass is 16.5. The fraction of sp³-hybridized carbons (Fsp3) is 0.200. The zero-order chi connectivity index (χ0) is 13.8. The van der Waals surface area contributed by atoms with E-state index >= 15 is 0 Å². The first kappa shape index (κ1) is 12.6. The molecule has 0 aliphatic carbocycles. The molecular weight excluding hydrogens is 252 g/mol. The SMILES string of the molecule is COCCn1ccc2cc(Nc3ncccn3)ccc21. The summed E-state index contributed by atoms with van der Waals surface area (Å²) in [5.74, 6) is 0.602. The van der Waals surface area contributed by atoms with E-state index in [-0.39, 0.29) is 0 Å². The highest BCUT2D eigenvalue weighted by Gasteiger charge is 2.03. The highest BCUT2D eigenvalue weighted by Crippen LogP contribution is 2.22. The summed E-state index contributed by atoms with van der Waals surface area (Å²) in [6, 6.07) is 10.1. The van der Waals surface area contributed by atoms with Crippen LogP contribution in [0.5, 0.6) is 0 Å². The molecule has 0 amide bonds. The summed E-state index contributed by atoms with van der Waals surface area (Å²) in [7, 11) is 1.72. The normalized spacial score (nSPS) is 10.8. The van der Waals surface area contributed by atoms with Crippen LogP contribution in [-0.2, 0) is 11.3 Å². The third-order valence-electron chi connectivity index (χ3n) is 3.13. The van der Waals surface area contributed by atoms with Crippen molar-refractivity contribution in [3.63, 3.8) is 0 Å². The Bertz CT molecular complexity index is 693. The highest BCUT2D eigenvalue weighted by molar-refractivity contribution is 5.84. The van der Waals surface area contributed by atoms with E-state index in [9.17, 15) is 0 Å². The Kier molecular flexibility index (Phi) is 3.60. The Morgan fingerprint density at radius 2 is 2.05 bits per heavy atom. The van der Waals surface area contributed by atoms with Crippen LogP contribution >= 0.6 is 0 Å². The second kappa shape index (κ2) is 5.71. The van der Waals surface area contributed by atoms with Crippen LogP contribution in [0.2, 0.25) is 0 Å². The first-order chi connectivity index (χ1) is 9.86. The number of fused-ring (bicyclic) bond motifs is 1. The molecule has 0 unspecified atom stereocenters. The molecule has 3 aromatic rings. The van der Waals surface area contributed by atoms with Gasteiger partial charge in [-0.15, -0.1) is 0 Å². The minimum Gasteiger partial charge on any atom is -0.383 e. The van der Waals surface area contributed by atoms with Crippen LogP contribution in [0.3, 0.4) is 0 Å². The summed E-state index contributed by atoms with van der Waals surface area (Å²) in [4.78, 5) is 8.31. The quantitative estimate of drug-likeness (QED) is 0.773. The minimum absolute atomic E-state index is 0.602. The van der Waals surface area contributed by atoms with Crippen LogP contribution in [0.25, 0.3) is 10.9 Å². The van der Waals surface area contributed by atoms with E-state index in [1.807, 2.05) is 6.07 Å². The van der Waals surface area contributed by atoms with E-state index in [4.69, 9.17) is 4.74 Å². The molecule has 1 aromatic carbocycles. The van der Waals surface area contributed by atoms with Gasteiger partial charge in [-0.1, -0.05) is 0 Å². The maximum absolute atomic E-state index is 5.12. The van der Waals surface area contributed by atoms with Gasteiger partial charge in [0.1, 0.15) is 0 Å². The summed E-state index contributed by atoms with van der Waals surface area (Å²) in [6.07, 6.45) is 5.51. The molecule has 0 bridgehead atoms. The fourth-order valence-electron chi connectivity index (χ4n) is 2.16. The predicted octanol–water partition coefficient (Wildman–Crippen LogP) is 2.82. The van der Waals surface area contributed by atoms with Crippen LogP contribution < -0.4 is 5.32 Å². The maximum Gasteiger partial charge on any atom is 0.227 e. The van der Waals surface area contributed by atoms with Crippen molar-refractivity contribution in [2.24, 2.45) is 0 Å². The predicted molar refractivity (Wildman–Crippen MR) is 79.1 cm³/mol. The van der Waals surface area contributed by atoms with Gasteiger partial charge in [0.25, 0.3) is 0 Å². The van der Waals surface area contributed by atoms with Gasteiger partial charge >= 0.3 is 0 Å². The summed E-state index contributed by atoms with van der Waals surface area (Å²) in [5, 5.41) is 4.37. The van der Waals surface area contributed by atoms with E-state index in [1.54, 1.807) is 25.6 Å². The van der Waals surface area contributed by atoms with Gasteiger partial charge in [0.2, 0.25) is 5.95 Å². The van der Waals surface area contributed by atoms with E-state index in [1.165, 1.54) is 10.9 Å². The Hall–Kier alpha value is -2.40. The third-order valence-corrected chi connectivity index (χ3v) is 3.13. The number of hydrogen-bond acceptors (Lipinski definition) is 4. The molecule has 1 N–H and O–H groups in total. The van der Waals surface area contributed by atoms with Gasteiger partial charge < -0.3 is 14.6 Å². The van der Waals surface area contributed by atoms with Crippen molar-refractivity contribution >= 4 is 22.5 Å². The average Bonchev–Trinajstić information content (AvgIpc) is 2.88.